The molecule has 3 rings (SSSR count). The largest absolute Gasteiger partial charge is 0.419 e. The molecule has 1 aromatic carbocycles. The third-order valence-corrected chi connectivity index (χ3v) is 3.69. The first kappa shape index (κ1) is 18.3. The maximum Gasteiger partial charge on any atom is 0.419 e. The Bertz CT molecular complexity index is 941. The fourth-order valence-corrected chi connectivity index (χ4v) is 2.34. The van der Waals surface area contributed by atoms with E-state index >= 15 is 0 Å². The van der Waals surface area contributed by atoms with Crippen LogP contribution in [-0.4, -0.2) is 19.7 Å². The van der Waals surface area contributed by atoms with Crippen LogP contribution in [0.4, 0.5) is 23.5 Å². The number of nitrogens with zero attached hydrogens (tertiary/aromatic N) is 5. The summed E-state index contributed by atoms with van der Waals surface area (Å²) in [6, 6.07) is 6.80. The molecule has 10 heteroatoms. The summed E-state index contributed by atoms with van der Waals surface area (Å²) >= 11 is 0. The summed E-state index contributed by atoms with van der Waals surface area (Å²) in [4.78, 5) is 7.98. The van der Waals surface area contributed by atoms with Crippen molar-refractivity contribution in [2.24, 2.45) is 0 Å². The van der Waals surface area contributed by atoms with Crippen LogP contribution < -0.4 is 5.32 Å². The molecule has 6 nitrogen and oxygen atoms in total. The van der Waals surface area contributed by atoms with Gasteiger partial charge in [0.25, 0.3) is 0 Å². The van der Waals surface area contributed by atoms with E-state index in [2.05, 4.69) is 20.4 Å². The van der Waals surface area contributed by atoms with Gasteiger partial charge in [0.15, 0.2) is 0 Å². The lowest BCUT2D eigenvalue weighted by molar-refractivity contribution is -0.137. The van der Waals surface area contributed by atoms with E-state index < -0.39 is 23.6 Å². The molecule has 0 aliphatic rings. The standard InChI is InChI=1S/C17H12F4N6/c18-14-3-1-12(2-4-14)15(26-16-23-6-11(5-22)7-24-16)10-27-9-13(8-25-27)17(19,20)21/h1-4,6-9,15H,10H2,(H,23,24,26). The molecule has 1 N–H and O–H groups in total. The lowest BCUT2D eigenvalue weighted by atomic mass is 10.1. The topological polar surface area (TPSA) is 79.4 Å². The van der Waals surface area contributed by atoms with Crippen molar-refractivity contribution in [3.05, 3.63) is 71.6 Å². The Kier molecular flexibility index (Phi) is 5.03. The molecular formula is C17H12F4N6. The average Bonchev–Trinajstić information content (AvgIpc) is 3.11. The van der Waals surface area contributed by atoms with Crippen LogP contribution in [0.5, 0.6) is 0 Å². The van der Waals surface area contributed by atoms with Gasteiger partial charge in [0.1, 0.15) is 11.9 Å². The van der Waals surface area contributed by atoms with E-state index in [4.69, 9.17) is 5.26 Å². The van der Waals surface area contributed by atoms with Gasteiger partial charge in [0.2, 0.25) is 5.95 Å². The van der Waals surface area contributed by atoms with Gasteiger partial charge in [-0.3, -0.25) is 4.68 Å². The Morgan fingerprint density at radius 2 is 1.78 bits per heavy atom. The highest BCUT2D eigenvalue weighted by atomic mass is 19.4. The van der Waals surface area contributed by atoms with E-state index in [1.165, 1.54) is 36.7 Å². The second-order valence-corrected chi connectivity index (χ2v) is 5.60. The maximum atomic E-state index is 13.2. The lowest BCUT2D eigenvalue weighted by Gasteiger charge is -2.19. The summed E-state index contributed by atoms with van der Waals surface area (Å²) < 4.78 is 52.6. The summed E-state index contributed by atoms with van der Waals surface area (Å²) in [5.41, 5.74) is 0.00387. The van der Waals surface area contributed by atoms with Gasteiger partial charge in [0, 0.05) is 6.20 Å². The van der Waals surface area contributed by atoms with Crippen LogP contribution in [0.15, 0.2) is 49.1 Å². The number of benzene rings is 1. The Labute approximate surface area is 151 Å². The lowest BCUT2D eigenvalue weighted by Crippen LogP contribution is -2.19. The molecule has 2 heterocycles. The zero-order valence-corrected chi connectivity index (χ0v) is 13.7. The van der Waals surface area contributed by atoms with Gasteiger partial charge in [-0.15, -0.1) is 0 Å². The SMILES string of the molecule is N#Cc1cnc(NC(Cn2cc(C(F)(F)F)cn2)c2ccc(F)cc2)nc1. The number of nitrogens with one attached hydrogen (secondary N) is 1. The predicted octanol–water partition coefficient (Wildman–Crippen LogP) is 3.56. The van der Waals surface area contributed by atoms with Gasteiger partial charge in [-0.2, -0.15) is 23.5 Å². The molecule has 1 atom stereocenters. The molecule has 1 unspecified atom stereocenters. The second-order valence-electron chi connectivity index (χ2n) is 5.60. The Balaban J connectivity index is 1.86. The molecule has 0 spiro atoms. The Morgan fingerprint density at radius 3 is 2.33 bits per heavy atom. The fraction of sp³-hybridized carbons (Fsp3) is 0.176. The van der Waals surface area contributed by atoms with Gasteiger partial charge in [0.05, 0.1) is 42.3 Å². The van der Waals surface area contributed by atoms with Crippen molar-refractivity contribution in [1.82, 2.24) is 19.7 Å². The molecule has 0 saturated carbocycles. The summed E-state index contributed by atoms with van der Waals surface area (Å²) in [5.74, 6) is -0.267. The first-order chi connectivity index (χ1) is 12.8. The summed E-state index contributed by atoms with van der Waals surface area (Å²) in [7, 11) is 0. The minimum Gasteiger partial charge on any atom is -0.346 e. The molecule has 0 amide bonds. The highest BCUT2D eigenvalue weighted by Gasteiger charge is 2.32. The Hall–Kier alpha value is -3.48. The monoisotopic (exact) mass is 376 g/mol. The van der Waals surface area contributed by atoms with Crippen molar-refractivity contribution < 1.29 is 17.6 Å². The molecule has 2 aromatic heterocycles. The van der Waals surface area contributed by atoms with E-state index in [1.54, 1.807) is 0 Å². The quantitative estimate of drug-likeness (QED) is 0.689. The van der Waals surface area contributed by atoms with Crippen LogP contribution in [0.2, 0.25) is 0 Å². The number of anilines is 1. The van der Waals surface area contributed by atoms with Crippen molar-refractivity contribution in [3.63, 3.8) is 0 Å². The smallest absolute Gasteiger partial charge is 0.346 e. The zero-order chi connectivity index (χ0) is 19.4. The molecule has 0 aliphatic carbocycles. The predicted molar refractivity (Wildman–Crippen MR) is 86.7 cm³/mol. The third kappa shape index (κ3) is 4.58. The number of halogens is 4. The number of rotatable bonds is 5. The molecular weight excluding hydrogens is 364 g/mol. The Morgan fingerprint density at radius 1 is 1.11 bits per heavy atom. The average molecular weight is 376 g/mol. The van der Waals surface area contributed by atoms with Crippen molar-refractivity contribution >= 4 is 5.95 Å². The normalized spacial score (nSPS) is 12.4. The minimum absolute atomic E-state index is 0.0189. The van der Waals surface area contributed by atoms with Crippen LogP contribution in [0.3, 0.4) is 0 Å². The first-order valence-corrected chi connectivity index (χ1v) is 7.69. The molecule has 0 aliphatic heterocycles. The maximum absolute atomic E-state index is 13.2. The summed E-state index contributed by atoms with van der Waals surface area (Å²) in [6.45, 7) is 0.0189. The molecule has 0 saturated heterocycles. The molecule has 0 radical (unpaired) electrons. The van der Waals surface area contributed by atoms with Crippen molar-refractivity contribution in [1.29, 1.82) is 5.26 Å². The first-order valence-electron chi connectivity index (χ1n) is 7.69. The van der Waals surface area contributed by atoms with Crippen LogP contribution in [0, 0.1) is 17.1 Å². The number of nitriles is 1. The van der Waals surface area contributed by atoms with Crippen LogP contribution in [-0.2, 0) is 12.7 Å². The van der Waals surface area contributed by atoms with E-state index in [1.807, 2.05) is 6.07 Å². The zero-order valence-electron chi connectivity index (χ0n) is 13.7. The van der Waals surface area contributed by atoms with E-state index in [-0.39, 0.29) is 18.1 Å². The van der Waals surface area contributed by atoms with Crippen molar-refractivity contribution in [2.75, 3.05) is 5.32 Å². The third-order valence-electron chi connectivity index (χ3n) is 3.69. The van der Waals surface area contributed by atoms with Crippen LogP contribution in [0.25, 0.3) is 0 Å². The summed E-state index contributed by atoms with van der Waals surface area (Å²) in [5, 5.41) is 15.5. The molecule has 138 valence electrons. The fourth-order valence-electron chi connectivity index (χ4n) is 2.34. The van der Waals surface area contributed by atoms with E-state index in [0.717, 1.165) is 17.1 Å². The van der Waals surface area contributed by atoms with Crippen molar-refractivity contribution in [2.45, 2.75) is 18.8 Å². The van der Waals surface area contributed by atoms with Gasteiger partial charge in [-0.25, -0.2) is 14.4 Å². The summed E-state index contributed by atoms with van der Waals surface area (Å²) in [6.07, 6.45) is -0.246. The van der Waals surface area contributed by atoms with Crippen LogP contribution >= 0.6 is 0 Å². The molecule has 3 aromatic rings. The minimum atomic E-state index is -4.49. The highest BCUT2D eigenvalue weighted by molar-refractivity contribution is 5.34. The van der Waals surface area contributed by atoms with E-state index in [9.17, 15) is 17.6 Å². The molecule has 0 fully saturated rings. The number of hydrogen-bond donors (Lipinski definition) is 1. The van der Waals surface area contributed by atoms with Crippen molar-refractivity contribution in [3.8, 4) is 6.07 Å². The second kappa shape index (κ2) is 7.41. The van der Waals surface area contributed by atoms with Gasteiger partial charge < -0.3 is 5.32 Å². The van der Waals surface area contributed by atoms with Gasteiger partial charge in [-0.05, 0) is 17.7 Å². The van der Waals surface area contributed by atoms with E-state index in [0.29, 0.717) is 5.56 Å². The van der Waals surface area contributed by atoms with Crippen LogP contribution in [0.1, 0.15) is 22.7 Å². The number of alkyl halides is 3. The highest BCUT2D eigenvalue weighted by Crippen LogP contribution is 2.29. The number of hydrogen-bond acceptors (Lipinski definition) is 5. The number of aromatic nitrogens is 4. The molecule has 0 bridgehead atoms. The molecule has 27 heavy (non-hydrogen) atoms. The van der Waals surface area contributed by atoms with Gasteiger partial charge in [-0.1, -0.05) is 12.1 Å². The van der Waals surface area contributed by atoms with Gasteiger partial charge >= 0.3 is 6.18 Å².